The summed E-state index contributed by atoms with van der Waals surface area (Å²) in [5, 5.41) is 29.5. The van der Waals surface area contributed by atoms with Crippen LogP contribution in [0.2, 0.25) is 0 Å². The fraction of sp³-hybridized carbons (Fsp3) is 0.241. The van der Waals surface area contributed by atoms with Gasteiger partial charge in [0.15, 0.2) is 23.8 Å². The van der Waals surface area contributed by atoms with Gasteiger partial charge in [-0.05, 0) is 47.2 Å². The molecule has 5 N–H and O–H groups in total. The summed E-state index contributed by atoms with van der Waals surface area (Å²) in [6.45, 7) is 1.47. The van der Waals surface area contributed by atoms with Crippen molar-refractivity contribution in [3.05, 3.63) is 282 Å². The van der Waals surface area contributed by atoms with Crippen molar-refractivity contribution in [2.24, 2.45) is 0 Å². The zero-order valence-corrected chi connectivity index (χ0v) is 41.5. The highest BCUT2D eigenvalue weighted by Gasteiger charge is 2.57. The van der Waals surface area contributed by atoms with Gasteiger partial charge in [-0.25, -0.2) is 18.4 Å². The minimum absolute atomic E-state index is 0. The number of hydrogen-bond donors (Lipinski definition) is 5. The van der Waals surface area contributed by atoms with Gasteiger partial charge in [0.1, 0.15) is 34.9 Å². The standard InChI is InChI=1S/C29H27FN2O5.C19H15Cl.C10H13FN2O5.2H2/c1-28(30)25(34)23(37-26(28)32-18-17-24(33)31-27(32)35)19-36-29(20-11-5-2-6-12-20,21-13-7-3-8-14-21)22-15-9-4-10-16-22;20-19(16-10-4-1-5-11-16,17-12-6-2-7-13-17)18-14-8-3-9-15-18;1-10(11)7(16)5(4-14)18-8(10)13-3-2-6(15)12-9(13)17;;/h2-18,23,25-26,34H,19H2,1H3,(H,31,33,35);1-15H;2-3,5,7-8,14,16H,4H2,1H3,(H,12,15,17);2*1H/t23-,25-,26-,28-;;5-,7-,8-,10-;;/m1.1../s1/i;;;1+1D;1+1. The Labute approximate surface area is 439 Å². The third-order valence-corrected chi connectivity index (χ3v) is 14.0. The molecule has 2 aliphatic heterocycles. The Morgan fingerprint density at radius 1 is 0.547 bits per heavy atom. The molecule has 0 unspecified atom stereocenters. The number of nitrogens with zero attached hydrogens (tertiary/aromatic N) is 2. The lowest BCUT2D eigenvalue weighted by atomic mass is 9.80. The Morgan fingerprint density at radius 2 is 0.840 bits per heavy atom. The van der Waals surface area contributed by atoms with E-state index < -0.39 is 87.8 Å². The van der Waals surface area contributed by atoms with Crippen molar-refractivity contribution >= 4 is 11.6 Å². The minimum Gasteiger partial charge on any atom is -0.394 e. The second-order valence-electron chi connectivity index (χ2n) is 18.3. The number of benzene rings is 6. The van der Waals surface area contributed by atoms with Gasteiger partial charge in [0.2, 0.25) is 0 Å². The monoisotopic (exact) mass is 1050 g/mol. The maximum Gasteiger partial charge on any atom is 0.330 e. The number of H-pyrrole nitrogens is 2. The van der Waals surface area contributed by atoms with Gasteiger partial charge in [0.25, 0.3) is 11.1 Å². The molecule has 0 bridgehead atoms. The average Bonchev–Trinajstić information content (AvgIpc) is 3.89. The number of ether oxygens (including phenoxy) is 3. The van der Waals surface area contributed by atoms with Crippen LogP contribution in [0.5, 0.6) is 0 Å². The van der Waals surface area contributed by atoms with Crippen LogP contribution in [0.4, 0.5) is 8.78 Å². The molecule has 0 aliphatic carbocycles. The van der Waals surface area contributed by atoms with E-state index in [0.29, 0.717) is 0 Å². The fourth-order valence-electron chi connectivity index (χ4n) is 9.42. The number of halogens is 3. The van der Waals surface area contributed by atoms with Crippen LogP contribution in [0, 0.1) is 0 Å². The van der Waals surface area contributed by atoms with Gasteiger partial charge in [0, 0.05) is 28.9 Å². The van der Waals surface area contributed by atoms with Crippen LogP contribution in [-0.2, 0) is 24.7 Å². The van der Waals surface area contributed by atoms with Crippen molar-refractivity contribution in [2.75, 3.05) is 13.2 Å². The number of rotatable bonds is 12. The number of aliphatic hydroxyl groups excluding tert-OH is 3. The highest BCUT2D eigenvalue weighted by molar-refractivity contribution is 6.28. The van der Waals surface area contributed by atoms with Crippen LogP contribution in [0.1, 0.15) is 64.1 Å². The van der Waals surface area contributed by atoms with Crippen LogP contribution >= 0.6 is 11.6 Å². The molecule has 392 valence electrons. The smallest absolute Gasteiger partial charge is 0.330 e. The highest BCUT2D eigenvalue weighted by Crippen LogP contribution is 2.46. The van der Waals surface area contributed by atoms with E-state index in [1.54, 1.807) is 0 Å². The number of nitrogens with one attached hydrogen (secondary N) is 2. The second kappa shape index (κ2) is 23.0. The van der Waals surface area contributed by atoms with Gasteiger partial charge in [-0.1, -0.05) is 182 Å². The molecule has 2 aromatic heterocycles. The first-order chi connectivity index (χ1) is 37.0. The molecule has 2 fully saturated rings. The van der Waals surface area contributed by atoms with E-state index in [-0.39, 0.29) is 8.03 Å². The molecule has 17 heteroatoms. The quantitative estimate of drug-likeness (QED) is 0.0596. The molecule has 0 saturated carbocycles. The van der Waals surface area contributed by atoms with E-state index in [1.165, 1.54) is 6.92 Å². The van der Waals surface area contributed by atoms with Crippen molar-refractivity contribution < 1.29 is 42.7 Å². The summed E-state index contributed by atoms with van der Waals surface area (Å²) >= 11 is 7.12. The largest absolute Gasteiger partial charge is 0.394 e. The van der Waals surface area contributed by atoms with E-state index in [4.69, 9.17) is 33.9 Å². The van der Waals surface area contributed by atoms with E-state index in [0.717, 1.165) is 74.0 Å². The molecule has 10 rings (SSSR count). The van der Waals surface area contributed by atoms with E-state index in [9.17, 15) is 33.8 Å². The van der Waals surface area contributed by atoms with Gasteiger partial charge in [-0.3, -0.25) is 28.7 Å². The summed E-state index contributed by atoms with van der Waals surface area (Å²) in [4.78, 5) is 49.7. The third kappa shape index (κ3) is 11.0. The number of aromatic nitrogens is 4. The number of aliphatic hydroxyl groups is 3. The molecule has 8 aromatic rings. The third-order valence-electron chi connectivity index (χ3n) is 13.3. The first kappa shape index (κ1) is 52.5. The summed E-state index contributed by atoms with van der Waals surface area (Å²) in [6, 6.07) is 61.7. The Morgan fingerprint density at radius 3 is 1.13 bits per heavy atom. The van der Waals surface area contributed by atoms with Gasteiger partial charge >= 0.3 is 11.4 Å². The van der Waals surface area contributed by atoms with Crippen molar-refractivity contribution in [1.29, 1.82) is 0 Å². The molecule has 2 saturated heterocycles. The summed E-state index contributed by atoms with van der Waals surface area (Å²) in [7, 11) is 0. The average molecular weight is 1050 g/mol. The van der Waals surface area contributed by atoms with Crippen LogP contribution in [-0.4, -0.2) is 83.4 Å². The molecule has 8 atom stereocenters. The lowest BCUT2D eigenvalue weighted by molar-refractivity contribution is -0.0968. The fourth-order valence-corrected chi connectivity index (χ4v) is 9.79. The zero-order chi connectivity index (χ0) is 55.4. The SMILES string of the molecule is C[C@@]1(F)[C@H](O)[C@@H](CO)O[C@H]1n1ccc(=O)[nH]c1=O.C[C@@]1(F)[C@H](O)[C@@H](COC(c2ccccc2)(c2ccccc2)c2ccccc2)O[C@H]1n1ccc(=O)[nH]c1=O.ClC(c1ccccc1)(c1ccccc1)c1ccccc1.[2HH].[2H][2H]. The van der Waals surface area contributed by atoms with Crippen LogP contribution in [0.25, 0.3) is 0 Å². The van der Waals surface area contributed by atoms with Crippen LogP contribution < -0.4 is 22.5 Å². The maximum atomic E-state index is 15.8. The Balaban J connectivity index is 0.000000203. The molecule has 4 heterocycles. The van der Waals surface area contributed by atoms with Crippen molar-refractivity contribution in [3.8, 4) is 0 Å². The zero-order valence-electron chi connectivity index (χ0n) is 42.7. The van der Waals surface area contributed by atoms with Gasteiger partial charge in [-0.15, -0.1) is 11.6 Å². The Kier molecular flexibility index (Phi) is 16.1. The molecule has 75 heavy (non-hydrogen) atoms. The molecule has 14 nitrogen and oxygen atoms in total. The summed E-state index contributed by atoms with van der Waals surface area (Å²) < 4.78 is 59.6. The molecule has 2 aliphatic rings. The van der Waals surface area contributed by atoms with Crippen molar-refractivity contribution in [2.45, 2.75) is 72.5 Å². The van der Waals surface area contributed by atoms with E-state index in [2.05, 4.69) is 41.4 Å². The maximum absolute atomic E-state index is 15.8. The Bertz CT molecular complexity index is 3170. The normalized spacial score (nSPS) is 23.4. The highest BCUT2D eigenvalue weighted by atomic mass is 35.5. The molecule has 0 spiro atoms. The summed E-state index contributed by atoms with van der Waals surface area (Å²) in [5.74, 6) is 0. The van der Waals surface area contributed by atoms with Crippen LogP contribution in [0.15, 0.2) is 226 Å². The first-order valence-electron chi connectivity index (χ1n) is 25.0. The molecule has 0 amide bonds. The lowest BCUT2D eigenvalue weighted by Crippen LogP contribution is -2.44. The Hall–Kier alpha value is -7.41. The number of aromatic amines is 2. The summed E-state index contributed by atoms with van der Waals surface area (Å²) in [5.41, 5.74) is -2.80. The van der Waals surface area contributed by atoms with Gasteiger partial charge in [-0.2, -0.15) is 0 Å². The molecule has 0 radical (unpaired) electrons. The number of hydrogen-bond acceptors (Lipinski definition) is 10. The van der Waals surface area contributed by atoms with Crippen molar-refractivity contribution in [1.82, 2.24) is 19.1 Å². The number of alkyl halides is 3. The predicted molar refractivity (Wildman–Crippen MR) is 283 cm³/mol. The molecular formula is C58H59ClF2N4O10. The summed E-state index contributed by atoms with van der Waals surface area (Å²) in [6.07, 6.45) is -6.02. The predicted octanol–water partition coefficient (Wildman–Crippen LogP) is 7.76. The minimum atomic E-state index is -2.33. The van der Waals surface area contributed by atoms with Crippen molar-refractivity contribution in [3.63, 3.8) is 0 Å². The lowest BCUT2D eigenvalue weighted by Gasteiger charge is -2.37. The second-order valence-corrected chi connectivity index (χ2v) is 18.9. The topological polar surface area (TPSA) is 198 Å². The molecular weight excluding hydrogens is 986 g/mol. The van der Waals surface area contributed by atoms with Crippen LogP contribution in [0.3, 0.4) is 0 Å². The van der Waals surface area contributed by atoms with Gasteiger partial charge < -0.3 is 29.5 Å². The van der Waals surface area contributed by atoms with E-state index >= 15 is 4.39 Å². The molecule has 6 aromatic carbocycles. The first-order valence-corrected chi connectivity index (χ1v) is 24.4. The van der Waals surface area contributed by atoms with Gasteiger partial charge in [0.05, 0.1) is 13.2 Å². The van der Waals surface area contributed by atoms with E-state index in [1.807, 2.05) is 151 Å².